The number of hydrogen-bond donors (Lipinski definition) is 0. The predicted molar refractivity (Wildman–Crippen MR) is 213 cm³/mol. The van der Waals surface area contributed by atoms with E-state index in [1.165, 1.54) is 83.4 Å². The molecule has 0 N–H and O–H groups in total. The number of rotatable bonds is 5. The quantitative estimate of drug-likeness (QED) is 0.181. The summed E-state index contributed by atoms with van der Waals surface area (Å²) in [5.74, 6) is 0.490. The number of allylic oxidation sites excluding steroid dienone is 4. The van der Waals surface area contributed by atoms with E-state index in [4.69, 9.17) is 0 Å². The Morgan fingerprint density at radius 3 is 1.80 bits per heavy atom. The van der Waals surface area contributed by atoms with Crippen molar-refractivity contribution in [2.24, 2.45) is 5.92 Å². The number of aromatic nitrogens is 1. The SMILES string of the molecule is Cc1ccc(N(c2ccc(-c3ccc(-n4c5ccc(C)cc5c5cc(C)ccc54)cc3)cc2)c2cccc3c2C2=CC=CCC2C3(C)C)cc1. The molecule has 0 fully saturated rings. The minimum Gasteiger partial charge on any atom is -0.310 e. The minimum atomic E-state index is 0.0774. The third-order valence-electron chi connectivity index (χ3n) is 11.2. The summed E-state index contributed by atoms with van der Waals surface area (Å²) >= 11 is 0. The lowest BCUT2D eigenvalue weighted by Gasteiger charge is -2.29. The zero-order chi connectivity index (χ0) is 34.1. The van der Waals surface area contributed by atoms with E-state index in [9.17, 15) is 0 Å². The molecule has 2 aliphatic rings. The average molecular weight is 647 g/mol. The van der Waals surface area contributed by atoms with Crippen molar-refractivity contribution in [3.63, 3.8) is 0 Å². The summed E-state index contributed by atoms with van der Waals surface area (Å²) in [5.41, 5.74) is 17.9. The second-order valence-corrected chi connectivity index (χ2v) is 14.9. The molecule has 50 heavy (non-hydrogen) atoms. The zero-order valence-corrected chi connectivity index (χ0v) is 29.5. The van der Waals surface area contributed by atoms with E-state index in [1.54, 1.807) is 0 Å². The summed E-state index contributed by atoms with van der Waals surface area (Å²) < 4.78 is 2.40. The van der Waals surface area contributed by atoms with Gasteiger partial charge in [-0.15, -0.1) is 0 Å². The Hall–Kier alpha value is -5.60. The molecule has 6 aromatic carbocycles. The van der Waals surface area contributed by atoms with Gasteiger partial charge in [-0.25, -0.2) is 0 Å². The van der Waals surface area contributed by atoms with Gasteiger partial charge in [-0.3, -0.25) is 0 Å². The lowest BCUT2D eigenvalue weighted by atomic mass is 9.75. The molecule has 1 atom stereocenters. The van der Waals surface area contributed by atoms with Crippen LogP contribution in [0.4, 0.5) is 17.1 Å². The lowest BCUT2D eigenvalue weighted by molar-refractivity contribution is 0.414. The van der Waals surface area contributed by atoms with E-state index in [0.29, 0.717) is 5.92 Å². The van der Waals surface area contributed by atoms with Crippen molar-refractivity contribution in [2.45, 2.75) is 46.5 Å². The number of aryl methyl sites for hydroxylation is 3. The maximum atomic E-state index is 2.45. The summed E-state index contributed by atoms with van der Waals surface area (Å²) in [4.78, 5) is 2.45. The normalized spacial score (nSPS) is 16.0. The van der Waals surface area contributed by atoms with Gasteiger partial charge in [0.2, 0.25) is 0 Å². The molecule has 0 spiro atoms. The first-order valence-electron chi connectivity index (χ1n) is 17.9. The summed E-state index contributed by atoms with van der Waals surface area (Å²) in [5, 5.41) is 2.61. The first kappa shape index (κ1) is 30.5. The number of hydrogen-bond acceptors (Lipinski definition) is 1. The molecule has 2 aliphatic carbocycles. The molecule has 244 valence electrons. The van der Waals surface area contributed by atoms with Crippen LogP contribution in [-0.2, 0) is 5.41 Å². The Bertz CT molecular complexity index is 2430. The Kier molecular flexibility index (Phi) is 7.00. The molecule has 0 amide bonds. The van der Waals surface area contributed by atoms with Crippen molar-refractivity contribution >= 4 is 44.4 Å². The van der Waals surface area contributed by atoms with Gasteiger partial charge in [0.15, 0.2) is 0 Å². The van der Waals surface area contributed by atoms with Crippen molar-refractivity contribution in [1.82, 2.24) is 4.57 Å². The van der Waals surface area contributed by atoms with Crippen LogP contribution < -0.4 is 4.90 Å². The average Bonchev–Trinajstić information content (AvgIpc) is 3.57. The van der Waals surface area contributed by atoms with Gasteiger partial charge in [-0.2, -0.15) is 0 Å². The van der Waals surface area contributed by atoms with E-state index in [1.807, 2.05) is 0 Å². The van der Waals surface area contributed by atoms with Gasteiger partial charge in [0.05, 0.1) is 16.7 Å². The van der Waals surface area contributed by atoms with Crippen molar-refractivity contribution in [1.29, 1.82) is 0 Å². The third-order valence-corrected chi connectivity index (χ3v) is 11.2. The van der Waals surface area contributed by atoms with E-state index < -0.39 is 0 Å². The second kappa shape index (κ2) is 11.5. The highest BCUT2D eigenvalue weighted by molar-refractivity contribution is 6.09. The van der Waals surface area contributed by atoms with E-state index in [2.05, 4.69) is 190 Å². The molecule has 1 heterocycles. The Morgan fingerprint density at radius 1 is 0.620 bits per heavy atom. The molecule has 0 aliphatic heterocycles. The van der Waals surface area contributed by atoms with Crippen LogP contribution in [0.15, 0.2) is 146 Å². The van der Waals surface area contributed by atoms with Crippen LogP contribution in [0.2, 0.25) is 0 Å². The fourth-order valence-corrected chi connectivity index (χ4v) is 8.58. The van der Waals surface area contributed by atoms with E-state index >= 15 is 0 Å². The molecule has 0 radical (unpaired) electrons. The molecule has 7 aromatic rings. The summed E-state index contributed by atoms with van der Waals surface area (Å²) in [6.07, 6.45) is 8.01. The van der Waals surface area contributed by atoms with Crippen molar-refractivity contribution < 1.29 is 0 Å². The standard InChI is InChI=1S/C48H42N2/c1-31-13-21-36(22-14-31)49(46-12-8-11-43-47(46)39-9-6-7-10-42(39)48(43,4)5)37-23-17-34(18-24-37)35-19-25-38(26-20-35)50-44-27-15-32(2)29-40(44)41-30-33(3)16-28-45(41)50/h6-9,11-30,42H,10H2,1-5H3. The molecule has 0 bridgehead atoms. The van der Waals surface area contributed by atoms with Crippen molar-refractivity contribution in [2.75, 3.05) is 4.90 Å². The fourth-order valence-electron chi connectivity index (χ4n) is 8.58. The molecular formula is C48H42N2. The van der Waals surface area contributed by atoms with Crippen LogP contribution in [0, 0.1) is 26.7 Å². The second-order valence-electron chi connectivity index (χ2n) is 14.9. The maximum Gasteiger partial charge on any atom is 0.0541 e. The topological polar surface area (TPSA) is 8.17 Å². The molecule has 9 rings (SSSR count). The van der Waals surface area contributed by atoms with Crippen molar-refractivity contribution in [3.8, 4) is 16.8 Å². The number of nitrogens with zero attached hydrogens (tertiary/aromatic N) is 2. The van der Waals surface area contributed by atoms with Gasteiger partial charge in [0.1, 0.15) is 0 Å². The highest BCUT2D eigenvalue weighted by Crippen LogP contribution is 2.56. The highest BCUT2D eigenvalue weighted by atomic mass is 15.1. The summed E-state index contributed by atoms with van der Waals surface area (Å²) in [7, 11) is 0. The Morgan fingerprint density at radius 2 is 1.18 bits per heavy atom. The lowest BCUT2D eigenvalue weighted by Crippen LogP contribution is -2.23. The van der Waals surface area contributed by atoms with Gasteiger partial charge >= 0.3 is 0 Å². The van der Waals surface area contributed by atoms with Crippen LogP contribution >= 0.6 is 0 Å². The van der Waals surface area contributed by atoms with Crippen LogP contribution in [0.25, 0.3) is 44.2 Å². The third kappa shape index (κ3) is 4.77. The van der Waals surface area contributed by atoms with E-state index in [-0.39, 0.29) is 5.41 Å². The molecule has 2 nitrogen and oxygen atoms in total. The van der Waals surface area contributed by atoms with Gasteiger partial charge in [-0.05, 0) is 128 Å². The van der Waals surface area contributed by atoms with Crippen LogP contribution in [-0.4, -0.2) is 4.57 Å². The molecular weight excluding hydrogens is 605 g/mol. The molecule has 0 saturated carbocycles. The highest BCUT2D eigenvalue weighted by Gasteiger charge is 2.44. The molecule has 0 saturated heterocycles. The minimum absolute atomic E-state index is 0.0774. The van der Waals surface area contributed by atoms with Crippen LogP contribution in [0.3, 0.4) is 0 Å². The van der Waals surface area contributed by atoms with Gasteiger partial charge in [0, 0.05) is 33.4 Å². The number of anilines is 3. The fraction of sp³-hybridized carbons (Fsp3) is 0.167. The number of benzene rings is 6. The first-order chi connectivity index (χ1) is 24.3. The van der Waals surface area contributed by atoms with Crippen LogP contribution in [0.5, 0.6) is 0 Å². The van der Waals surface area contributed by atoms with Crippen LogP contribution in [0.1, 0.15) is 48.1 Å². The van der Waals surface area contributed by atoms with Gasteiger partial charge in [-0.1, -0.05) is 109 Å². The van der Waals surface area contributed by atoms with Gasteiger partial charge in [0.25, 0.3) is 0 Å². The molecule has 1 aromatic heterocycles. The summed E-state index contributed by atoms with van der Waals surface area (Å²) in [6, 6.07) is 47.6. The zero-order valence-electron chi connectivity index (χ0n) is 29.5. The summed E-state index contributed by atoms with van der Waals surface area (Å²) in [6.45, 7) is 11.3. The van der Waals surface area contributed by atoms with Crippen molar-refractivity contribution in [3.05, 3.63) is 173 Å². The maximum absolute atomic E-state index is 2.45. The predicted octanol–water partition coefficient (Wildman–Crippen LogP) is 13.1. The monoisotopic (exact) mass is 646 g/mol. The molecule has 2 heteroatoms. The Balaban J connectivity index is 1.11. The van der Waals surface area contributed by atoms with E-state index in [0.717, 1.165) is 12.1 Å². The molecule has 1 unspecified atom stereocenters. The Labute approximate surface area is 295 Å². The van der Waals surface area contributed by atoms with Gasteiger partial charge < -0.3 is 9.47 Å². The largest absolute Gasteiger partial charge is 0.310 e. The smallest absolute Gasteiger partial charge is 0.0541 e. The number of fused-ring (bicyclic) bond motifs is 6. The first-order valence-corrected chi connectivity index (χ1v) is 17.9.